The number of hydrogen-bond acceptors (Lipinski definition) is 17. The Bertz CT molecular complexity index is 3290. The Kier molecular flexibility index (Phi) is 45.4. The molecule has 0 aromatic heterocycles. The number of hydrogen-bond donors (Lipinski definition) is 8. The summed E-state index contributed by atoms with van der Waals surface area (Å²) in [6, 6.07) is 59.6. The normalized spacial score (nSPS) is 12.3. The molecule has 102 heavy (non-hydrogen) atoms. The van der Waals surface area contributed by atoms with Crippen LogP contribution in [-0.2, 0) is 54.7 Å². The summed E-state index contributed by atoms with van der Waals surface area (Å²) in [5, 5.41) is 51.1. The zero-order chi connectivity index (χ0) is 74.8. The van der Waals surface area contributed by atoms with Gasteiger partial charge in [-0.3, -0.25) is 0 Å². The van der Waals surface area contributed by atoms with Crippen molar-refractivity contribution in [3.8, 4) is 28.7 Å². The fourth-order valence-electron chi connectivity index (χ4n) is 9.84. The molecule has 7 aromatic rings. The molecule has 5 atom stereocenters. The molecule has 9 N–H and O–H groups in total. The van der Waals surface area contributed by atoms with E-state index in [2.05, 4.69) is 59.0 Å². The lowest BCUT2D eigenvalue weighted by Gasteiger charge is -2.24. The Hall–Kier alpha value is -8.24. The summed E-state index contributed by atoms with van der Waals surface area (Å²) in [4.78, 5) is 27.5. The van der Waals surface area contributed by atoms with E-state index in [9.17, 15) is 9.59 Å². The third-order valence-electron chi connectivity index (χ3n) is 15.3. The van der Waals surface area contributed by atoms with Crippen LogP contribution in [0.1, 0.15) is 126 Å². The van der Waals surface area contributed by atoms with Crippen LogP contribution in [0.2, 0.25) is 0 Å². The molecule has 0 radical (unpaired) electrons. The molecule has 0 aliphatic carbocycles. The highest BCUT2D eigenvalue weighted by Gasteiger charge is 2.20. The van der Waals surface area contributed by atoms with Gasteiger partial charge in [-0.05, 0) is 223 Å². The summed E-state index contributed by atoms with van der Waals surface area (Å²) in [5.74, 6) is 4.19. The number of amides is 2. The topological polar surface area (TPSA) is 256 Å². The Morgan fingerprint density at radius 1 is 0.431 bits per heavy atom. The van der Waals surface area contributed by atoms with E-state index in [1.54, 1.807) is 11.9 Å². The molecule has 0 bridgehead atoms. The number of carbonyl (C=O) groups is 2. The van der Waals surface area contributed by atoms with E-state index < -0.39 is 11.7 Å². The van der Waals surface area contributed by atoms with E-state index in [-0.39, 0.29) is 76.3 Å². The smallest absolute Gasteiger partial charge is 0.410 e. The molecule has 0 saturated carbocycles. The fraction of sp³-hybridized carbons (Fsp3) is 0.470. The Labute approximate surface area is 609 Å². The molecule has 0 aliphatic rings. The highest BCUT2D eigenvalue weighted by Crippen LogP contribution is 2.26. The van der Waals surface area contributed by atoms with Gasteiger partial charge in [-0.15, -0.1) is 0 Å². The molecule has 19 heteroatoms. The van der Waals surface area contributed by atoms with Gasteiger partial charge in [0.05, 0.1) is 33.0 Å². The zero-order valence-corrected chi connectivity index (χ0v) is 62.6. The summed E-state index contributed by atoms with van der Waals surface area (Å²) in [7, 11) is 5.85. The second-order valence-corrected chi connectivity index (χ2v) is 26.1. The Morgan fingerprint density at radius 2 is 0.745 bits per heavy atom. The van der Waals surface area contributed by atoms with Gasteiger partial charge < -0.3 is 84.9 Å². The molecule has 0 aliphatic heterocycles. The van der Waals surface area contributed by atoms with Gasteiger partial charge in [0.15, 0.2) is 0 Å². The Morgan fingerprint density at radius 3 is 1.09 bits per heavy atom. The zero-order valence-electron chi connectivity index (χ0n) is 62.6. The van der Waals surface area contributed by atoms with Gasteiger partial charge in [0, 0.05) is 26.7 Å². The van der Waals surface area contributed by atoms with Crippen LogP contribution in [0.25, 0.3) is 0 Å². The first-order chi connectivity index (χ1) is 49.1. The second kappa shape index (κ2) is 52.7. The lowest BCUT2D eigenvalue weighted by Crippen LogP contribution is -2.34. The number of benzene rings is 7. The van der Waals surface area contributed by atoms with Crippen molar-refractivity contribution in [2.24, 2.45) is 5.73 Å². The number of nitrogens with one attached hydrogen (secondary N) is 2. The van der Waals surface area contributed by atoms with Crippen molar-refractivity contribution >= 4 is 12.2 Å². The van der Waals surface area contributed by atoms with Gasteiger partial charge in [0.2, 0.25) is 0 Å². The quantitative estimate of drug-likeness (QED) is 0.0167. The third kappa shape index (κ3) is 39.3. The fourth-order valence-corrected chi connectivity index (χ4v) is 9.84. The predicted molar refractivity (Wildman–Crippen MR) is 409 cm³/mol. The lowest BCUT2D eigenvalue weighted by atomic mass is 10.1. The number of nitrogens with two attached hydrogens (primary N) is 1. The maximum absolute atomic E-state index is 11.9. The van der Waals surface area contributed by atoms with Crippen molar-refractivity contribution in [2.75, 3.05) is 86.9 Å². The van der Waals surface area contributed by atoms with Gasteiger partial charge in [-0.25, -0.2) is 9.59 Å². The molecule has 7 rings (SSSR count). The van der Waals surface area contributed by atoms with E-state index in [1.165, 1.54) is 16.7 Å². The molecule has 0 heterocycles. The highest BCUT2D eigenvalue weighted by atomic mass is 16.6. The number of nitrogens with zero attached hydrogens (tertiary/aromatic N) is 2. The van der Waals surface area contributed by atoms with Crippen molar-refractivity contribution in [1.29, 1.82) is 0 Å². The number of rotatable bonds is 38. The second-order valence-electron chi connectivity index (χ2n) is 26.1. The van der Waals surface area contributed by atoms with E-state index in [1.807, 2.05) is 208 Å². The number of aliphatic hydroxyl groups excluding tert-OH is 5. The van der Waals surface area contributed by atoms with Crippen LogP contribution in [-0.4, -0.2) is 171 Å². The number of ether oxygens (including phenoxy) is 7. The van der Waals surface area contributed by atoms with Crippen LogP contribution in [0.3, 0.4) is 0 Å². The summed E-state index contributed by atoms with van der Waals surface area (Å²) < 4.78 is 38.9. The molecule has 2 amide bonds. The minimum Gasteiger partial charge on any atom is -0.488 e. The minimum atomic E-state index is -0.480. The average Bonchev–Trinajstić information content (AvgIpc) is 0.911. The summed E-state index contributed by atoms with van der Waals surface area (Å²) in [6.45, 7) is 20.0. The number of carbonyl (C=O) groups excluding carboxylic acids is 2. The van der Waals surface area contributed by atoms with Crippen LogP contribution in [0.4, 0.5) is 9.59 Å². The molecule has 0 fully saturated rings. The first kappa shape index (κ1) is 88.0. The molecular weight excluding hydrogens is 1290 g/mol. The highest BCUT2D eigenvalue weighted by molar-refractivity contribution is 5.68. The first-order valence-electron chi connectivity index (χ1n) is 35.9. The largest absolute Gasteiger partial charge is 0.488 e. The van der Waals surface area contributed by atoms with Crippen LogP contribution in [0.5, 0.6) is 28.7 Å². The van der Waals surface area contributed by atoms with Crippen molar-refractivity contribution in [3.05, 3.63) is 221 Å². The molecule has 0 saturated heterocycles. The Balaban J connectivity index is 0.000000336. The molecule has 19 nitrogen and oxygen atoms in total. The molecule has 0 spiro atoms. The lowest BCUT2D eigenvalue weighted by molar-refractivity contribution is 0.0297. The maximum Gasteiger partial charge on any atom is 0.410 e. The van der Waals surface area contributed by atoms with Gasteiger partial charge in [0.25, 0.3) is 0 Å². The van der Waals surface area contributed by atoms with Crippen LogP contribution in [0, 0.1) is 0 Å². The molecule has 0 unspecified atom stereocenters. The standard InChI is InChI=1S/C20H25NO4.C20H27NO2.C18H29NO4.C13H21NO2.C12H19NO2/c1-16(14-22)25-19-12-6-5-10-18(19)11-7-13-21-20(23)24-15-17-8-3-2-4-9-17;1-17(16-22)23-20-13-7-6-11-19(20)12-8-14-21(2)15-18-9-4-3-5-10-18;1-14(13-20)22-16-11-7-6-9-15(16)10-8-12-19(5)17(21)23-18(2,3)4;1-11(10-15)16-13-8-4-3-6-12(13)7-5-9-14-2;1-10(9-14)15-12-7-3-2-5-11(12)6-4-8-13/h2-6,8-10,12,16,22H,7,11,13-15H2,1H3,(H,21,23);3-7,9-11,13,17,22H,8,12,14-16H2,1-2H3;6-7,9,11,14,20H,8,10,12-13H2,1-5H3;3-4,6,8,11,14-15H,5,7,9-10H2,1-2H3;2-3,5,7,10,14H,4,6,8-9,13H2,1H3/t16-;17-;14-;11-;10-/m11111/s1. The number of aliphatic hydroxyl groups is 5. The number of para-hydroxylation sites is 5. The van der Waals surface area contributed by atoms with Crippen molar-refractivity contribution < 1.29 is 68.3 Å². The van der Waals surface area contributed by atoms with Crippen molar-refractivity contribution in [2.45, 2.75) is 169 Å². The van der Waals surface area contributed by atoms with E-state index in [4.69, 9.17) is 64.4 Å². The van der Waals surface area contributed by atoms with Gasteiger partial charge in [0.1, 0.15) is 71.5 Å². The van der Waals surface area contributed by atoms with E-state index >= 15 is 0 Å². The van der Waals surface area contributed by atoms with Gasteiger partial charge in [-0.1, -0.05) is 152 Å². The molecule has 7 aromatic carbocycles. The predicted octanol–water partition coefficient (Wildman–Crippen LogP) is 13.0. The number of aryl methyl sites for hydroxylation is 5. The monoisotopic (exact) mass is 1410 g/mol. The van der Waals surface area contributed by atoms with E-state index in [0.29, 0.717) is 19.6 Å². The van der Waals surface area contributed by atoms with Crippen molar-refractivity contribution in [1.82, 2.24) is 20.4 Å². The van der Waals surface area contributed by atoms with Crippen LogP contribution < -0.4 is 40.1 Å². The van der Waals surface area contributed by atoms with Crippen LogP contribution >= 0.6 is 0 Å². The van der Waals surface area contributed by atoms with Gasteiger partial charge >= 0.3 is 12.2 Å². The number of alkyl carbamates (subject to hydrolysis) is 1. The van der Waals surface area contributed by atoms with Crippen LogP contribution in [0.15, 0.2) is 182 Å². The summed E-state index contributed by atoms with van der Waals surface area (Å²) >= 11 is 0. The van der Waals surface area contributed by atoms with E-state index in [0.717, 1.165) is 135 Å². The first-order valence-corrected chi connectivity index (χ1v) is 35.9. The third-order valence-corrected chi connectivity index (χ3v) is 15.3. The summed E-state index contributed by atoms with van der Waals surface area (Å²) in [6.07, 6.45) is 7.48. The molecular formula is C83H121N5O14. The maximum atomic E-state index is 11.9. The summed E-state index contributed by atoms with van der Waals surface area (Å²) in [5.41, 5.74) is 13.0. The average molecular weight is 1410 g/mol. The van der Waals surface area contributed by atoms with Crippen molar-refractivity contribution in [3.63, 3.8) is 0 Å². The SMILES string of the molecule is CNCCCc1ccccc1O[C@H](C)CO.C[C@H](CO)Oc1ccccc1CCCN.C[C@H](CO)Oc1ccccc1CCCN(C)C(=O)OC(C)(C)C.C[C@H](CO)Oc1ccccc1CCCN(C)Cc1ccccc1.C[C@H](CO)Oc1ccccc1CCCNC(=O)OCc1ccccc1. The molecule has 562 valence electrons. The minimum absolute atomic E-state index is 0.0181. The van der Waals surface area contributed by atoms with Gasteiger partial charge in [-0.2, -0.15) is 0 Å².